The third-order valence-corrected chi connectivity index (χ3v) is 5.28. The molecule has 0 aliphatic rings. The summed E-state index contributed by atoms with van der Waals surface area (Å²) in [4.78, 5) is 0.145. The second kappa shape index (κ2) is 5.79. The highest BCUT2D eigenvalue weighted by Gasteiger charge is 2.19. The van der Waals surface area contributed by atoms with Gasteiger partial charge in [0.2, 0.25) is 0 Å². The number of hydrogen-bond acceptors (Lipinski definition) is 3. The number of hydrogen-bond donors (Lipinski definition) is 2. The molecule has 0 atom stereocenters. The molecule has 0 heterocycles. The molecule has 0 fully saturated rings. The van der Waals surface area contributed by atoms with Gasteiger partial charge in [0.25, 0.3) is 10.0 Å². The SMILES string of the molecule is Cc1c(N)cccc1S(=O)(=O)Nc1ccc(I)cc1Cl. The van der Waals surface area contributed by atoms with Crippen molar-refractivity contribution >= 4 is 55.6 Å². The number of nitrogen functional groups attached to an aromatic ring is 1. The van der Waals surface area contributed by atoms with Crippen LogP contribution in [0, 0.1) is 10.5 Å². The van der Waals surface area contributed by atoms with Crippen molar-refractivity contribution in [2.45, 2.75) is 11.8 Å². The monoisotopic (exact) mass is 422 g/mol. The van der Waals surface area contributed by atoms with Crippen LogP contribution in [0.5, 0.6) is 0 Å². The Kier molecular flexibility index (Phi) is 4.46. The fourth-order valence-corrected chi connectivity index (χ4v) is 4.01. The van der Waals surface area contributed by atoms with Crippen molar-refractivity contribution in [3.8, 4) is 0 Å². The molecule has 0 unspecified atom stereocenters. The van der Waals surface area contributed by atoms with E-state index in [4.69, 9.17) is 17.3 Å². The molecule has 20 heavy (non-hydrogen) atoms. The quantitative estimate of drug-likeness (QED) is 0.586. The predicted molar refractivity (Wildman–Crippen MR) is 90.6 cm³/mol. The van der Waals surface area contributed by atoms with Crippen molar-refractivity contribution in [1.82, 2.24) is 0 Å². The molecule has 0 spiro atoms. The Morgan fingerprint density at radius 1 is 1.25 bits per heavy atom. The summed E-state index contributed by atoms with van der Waals surface area (Å²) >= 11 is 8.14. The molecule has 0 radical (unpaired) electrons. The fraction of sp³-hybridized carbons (Fsp3) is 0.0769. The molecule has 0 aromatic heterocycles. The Bertz CT molecular complexity index is 763. The molecule has 2 rings (SSSR count). The first-order valence-corrected chi connectivity index (χ1v) is 8.58. The first kappa shape index (κ1) is 15.4. The lowest BCUT2D eigenvalue weighted by Crippen LogP contribution is -2.15. The summed E-state index contributed by atoms with van der Waals surface area (Å²) in [7, 11) is -3.72. The van der Waals surface area contributed by atoms with Crippen molar-refractivity contribution in [3.05, 3.63) is 50.6 Å². The molecule has 106 valence electrons. The fourth-order valence-electron chi connectivity index (χ4n) is 1.69. The van der Waals surface area contributed by atoms with Gasteiger partial charge in [-0.15, -0.1) is 0 Å². The van der Waals surface area contributed by atoms with Crippen molar-refractivity contribution in [3.63, 3.8) is 0 Å². The first-order chi connectivity index (χ1) is 9.31. The van der Waals surface area contributed by atoms with Crippen LogP contribution in [-0.2, 0) is 10.0 Å². The predicted octanol–water partition coefficient (Wildman–Crippen LogP) is 3.64. The molecule has 0 aliphatic heterocycles. The van der Waals surface area contributed by atoms with Crippen molar-refractivity contribution in [1.29, 1.82) is 0 Å². The van der Waals surface area contributed by atoms with Gasteiger partial charge in [0.1, 0.15) is 0 Å². The Morgan fingerprint density at radius 2 is 1.95 bits per heavy atom. The summed E-state index contributed by atoms with van der Waals surface area (Å²) in [6.45, 7) is 1.67. The van der Waals surface area contributed by atoms with E-state index >= 15 is 0 Å². The highest BCUT2D eigenvalue weighted by molar-refractivity contribution is 14.1. The number of benzene rings is 2. The van der Waals surface area contributed by atoms with Crippen LogP contribution >= 0.6 is 34.2 Å². The van der Waals surface area contributed by atoms with E-state index < -0.39 is 10.0 Å². The second-order valence-corrected chi connectivity index (χ2v) is 7.50. The van der Waals surface area contributed by atoms with Crippen LogP contribution in [0.1, 0.15) is 5.56 Å². The molecule has 2 aromatic rings. The Labute approximate surface area is 136 Å². The Balaban J connectivity index is 2.44. The highest BCUT2D eigenvalue weighted by atomic mass is 127. The summed E-state index contributed by atoms with van der Waals surface area (Å²) in [6.07, 6.45) is 0. The lowest BCUT2D eigenvalue weighted by atomic mass is 10.2. The normalized spacial score (nSPS) is 11.3. The molecule has 0 saturated carbocycles. The number of rotatable bonds is 3. The molecule has 0 saturated heterocycles. The topological polar surface area (TPSA) is 72.2 Å². The Hall–Kier alpha value is -0.990. The van der Waals surface area contributed by atoms with Crippen molar-refractivity contribution in [2.75, 3.05) is 10.5 Å². The second-order valence-electron chi connectivity index (χ2n) is 4.20. The lowest BCUT2D eigenvalue weighted by molar-refractivity contribution is 0.600. The molecular formula is C13H12ClIN2O2S. The van der Waals surface area contributed by atoms with Crippen LogP contribution in [0.3, 0.4) is 0 Å². The van der Waals surface area contributed by atoms with Crippen LogP contribution in [0.4, 0.5) is 11.4 Å². The molecule has 2 aromatic carbocycles. The number of nitrogens with two attached hydrogens (primary N) is 1. The average molecular weight is 423 g/mol. The van der Waals surface area contributed by atoms with Crippen LogP contribution in [0.25, 0.3) is 0 Å². The molecule has 7 heteroatoms. The minimum Gasteiger partial charge on any atom is -0.398 e. The maximum absolute atomic E-state index is 12.4. The third kappa shape index (κ3) is 3.18. The molecule has 0 bridgehead atoms. The molecule has 3 N–H and O–H groups in total. The smallest absolute Gasteiger partial charge is 0.262 e. The van der Waals surface area contributed by atoms with E-state index in [1.807, 2.05) is 0 Å². The van der Waals surface area contributed by atoms with Crippen molar-refractivity contribution < 1.29 is 8.42 Å². The van der Waals surface area contributed by atoms with Gasteiger partial charge in [0.15, 0.2) is 0 Å². The lowest BCUT2D eigenvalue weighted by Gasteiger charge is -2.12. The maximum Gasteiger partial charge on any atom is 0.262 e. The number of halogens is 2. The molecule has 4 nitrogen and oxygen atoms in total. The summed E-state index contributed by atoms with van der Waals surface area (Å²) in [6, 6.07) is 9.86. The zero-order chi connectivity index (χ0) is 14.9. The maximum atomic E-state index is 12.4. The summed E-state index contributed by atoms with van der Waals surface area (Å²) in [5.41, 5.74) is 7.03. The van der Waals surface area contributed by atoms with E-state index in [9.17, 15) is 8.42 Å². The minimum atomic E-state index is -3.72. The van der Waals surface area contributed by atoms with Crippen LogP contribution in [0.2, 0.25) is 5.02 Å². The van der Waals surface area contributed by atoms with Gasteiger partial charge in [-0.3, -0.25) is 4.72 Å². The third-order valence-electron chi connectivity index (χ3n) is 2.79. The number of sulfonamides is 1. The molecule has 0 aliphatic carbocycles. The number of anilines is 2. The van der Waals surface area contributed by atoms with Crippen LogP contribution in [-0.4, -0.2) is 8.42 Å². The minimum absolute atomic E-state index is 0.145. The summed E-state index contributed by atoms with van der Waals surface area (Å²) in [5.74, 6) is 0. The zero-order valence-electron chi connectivity index (χ0n) is 10.5. The zero-order valence-corrected chi connectivity index (χ0v) is 14.3. The molecular weight excluding hydrogens is 411 g/mol. The van der Waals surface area contributed by atoms with Gasteiger partial charge in [-0.05, 0) is 65.4 Å². The highest BCUT2D eigenvalue weighted by Crippen LogP contribution is 2.28. The standard InChI is InChI=1S/C13H12ClIN2O2S/c1-8-11(16)3-2-4-13(8)20(18,19)17-12-6-5-9(15)7-10(12)14/h2-7,17H,16H2,1H3. The average Bonchev–Trinajstić information content (AvgIpc) is 2.36. The van der Waals surface area contributed by atoms with E-state index in [1.165, 1.54) is 6.07 Å². The summed E-state index contributed by atoms with van der Waals surface area (Å²) in [5, 5.41) is 0.349. The van der Waals surface area contributed by atoms with E-state index in [0.717, 1.165) is 3.57 Å². The summed E-state index contributed by atoms with van der Waals surface area (Å²) < 4.78 is 28.2. The largest absolute Gasteiger partial charge is 0.398 e. The van der Waals surface area contributed by atoms with Gasteiger partial charge >= 0.3 is 0 Å². The van der Waals surface area contributed by atoms with Gasteiger partial charge in [-0.2, -0.15) is 0 Å². The van der Waals surface area contributed by atoms with Crippen LogP contribution < -0.4 is 10.5 Å². The van der Waals surface area contributed by atoms with Gasteiger partial charge in [-0.1, -0.05) is 17.7 Å². The van der Waals surface area contributed by atoms with Gasteiger partial charge in [0, 0.05) is 9.26 Å². The number of nitrogens with one attached hydrogen (secondary N) is 1. The molecule has 0 amide bonds. The van der Waals surface area contributed by atoms with Gasteiger partial charge < -0.3 is 5.73 Å². The van der Waals surface area contributed by atoms with Gasteiger partial charge in [0.05, 0.1) is 15.6 Å². The van der Waals surface area contributed by atoms with Crippen LogP contribution in [0.15, 0.2) is 41.3 Å². The van der Waals surface area contributed by atoms with E-state index in [2.05, 4.69) is 27.3 Å². The van der Waals surface area contributed by atoms with Crippen molar-refractivity contribution in [2.24, 2.45) is 0 Å². The first-order valence-electron chi connectivity index (χ1n) is 5.64. The Morgan fingerprint density at radius 3 is 2.60 bits per heavy atom. The van der Waals surface area contributed by atoms with E-state index in [1.54, 1.807) is 37.3 Å². The van der Waals surface area contributed by atoms with Gasteiger partial charge in [-0.25, -0.2) is 8.42 Å². The van der Waals surface area contributed by atoms with E-state index in [0.29, 0.717) is 22.0 Å². The van der Waals surface area contributed by atoms with E-state index in [-0.39, 0.29) is 4.90 Å².